The minimum absolute atomic E-state index is 0.747. The molecule has 1 radical (unpaired) electrons. The lowest BCUT2D eigenvalue weighted by atomic mass is 10.3. The molecule has 0 saturated carbocycles. The molecule has 0 aromatic heterocycles. The summed E-state index contributed by atoms with van der Waals surface area (Å²) in [7, 11) is 0. The van der Waals surface area contributed by atoms with Gasteiger partial charge < -0.3 is 4.84 Å². The maximum absolute atomic E-state index is 4.73. The largest absolute Gasteiger partial charge is 0.396 e. The van der Waals surface area contributed by atoms with Crippen LogP contribution in [0, 0.1) is 6.42 Å². The van der Waals surface area contributed by atoms with Crippen LogP contribution >= 0.6 is 0 Å². The number of hydrogen-bond acceptors (Lipinski definition) is 2. The average Bonchev–Trinajstić information content (AvgIpc) is 1.90. The van der Waals surface area contributed by atoms with Crippen LogP contribution in [0.1, 0.15) is 12.8 Å². The van der Waals surface area contributed by atoms with Gasteiger partial charge in [-0.1, -0.05) is 5.16 Å². The van der Waals surface area contributed by atoms with Crippen LogP contribution in [-0.4, -0.2) is 12.8 Å². The molecule has 39 valence electrons. The second-order valence-electron chi connectivity index (χ2n) is 1.43. The Balaban J connectivity index is 2.20. The molecule has 0 aromatic rings. The van der Waals surface area contributed by atoms with Gasteiger partial charge in [0.1, 0.15) is 6.61 Å². The van der Waals surface area contributed by atoms with Crippen LogP contribution in [0.4, 0.5) is 0 Å². The van der Waals surface area contributed by atoms with Gasteiger partial charge in [0.15, 0.2) is 0 Å². The molecule has 2 nitrogen and oxygen atoms in total. The molecule has 0 spiro atoms. The first-order valence-electron chi connectivity index (χ1n) is 2.45. The summed E-state index contributed by atoms with van der Waals surface area (Å²) < 4.78 is 0. The Morgan fingerprint density at radius 3 is 3.57 bits per heavy atom. The van der Waals surface area contributed by atoms with Crippen molar-refractivity contribution in [2.45, 2.75) is 12.8 Å². The predicted octanol–water partition coefficient (Wildman–Crippen LogP) is 0.987. The quantitative estimate of drug-likeness (QED) is 0.442. The lowest BCUT2D eigenvalue weighted by Gasteiger charge is -1.88. The van der Waals surface area contributed by atoms with E-state index in [1.165, 1.54) is 0 Å². The van der Waals surface area contributed by atoms with Gasteiger partial charge in [0.2, 0.25) is 0 Å². The van der Waals surface area contributed by atoms with Gasteiger partial charge in [-0.25, -0.2) is 0 Å². The van der Waals surface area contributed by atoms with Crippen LogP contribution in [0.5, 0.6) is 0 Å². The third kappa shape index (κ3) is 1.57. The molecule has 1 aliphatic rings. The van der Waals surface area contributed by atoms with Crippen molar-refractivity contribution in [1.29, 1.82) is 0 Å². The van der Waals surface area contributed by atoms with E-state index in [2.05, 4.69) is 11.6 Å². The first-order chi connectivity index (χ1) is 3.50. The van der Waals surface area contributed by atoms with Crippen molar-refractivity contribution in [2.75, 3.05) is 6.61 Å². The van der Waals surface area contributed by atoms with Gasteiger partial charge in [-0.15, -0.1) is 0 Å². The third-order valence-corrected chi connectivity index (χ3v) is 0.834. The van der Waals surface area contributed by atoms with Gasteiger partial charge in [0.05, 0.1) is 0 Å². The summed E-state index contributed by atoms with van der Waals surface area (Å²) in [4.78, 5) is 4.73. The zero-order valence-corrected chi connectivity index (χ0v) is 4.13. The Bertz CT molecular complexity index is 62.5. The minimum atomic E-state index is 0.747. The third-order valence-electron chi connectivity index (χ3n) is 0.834. The molecule has 0 aromatic carbocycles. The Labute approximate surface area is 43.2 Å². The topological polar surface area (TPSA) is 21.6 Å². The van der Waals surface area contributed by atoms with Gasteiger partial charge in [-0.3, -0.25) is 0 Å². The summed E-state index contributed by atoms with van der Waals surface area (Å²) in [6, 6.07) is 0. The average molecular weight is 98.1 g/mol. The summed E-state index contributed by atoms with van der Waals surface area (Å²) in [5.74, 6) is 0. The molecule has 0 fully saturated rings. The summed E-state index contributed by atoms with van der Waals surface area (Å²) in [5, 5.41) is 3.61. The van der Waals surface area contributed by atoms with E-state index in [1.54, 1.807) is 6.21 Å². The van der Waals surface area contributed by atoms with E-state index < -0.39 is 0 Å². The monoisotopic (exact) mass is 98.1 g/mol. The van der Waals surface area contributed by atoms with Crippen LogP contribution in [-0.2, 0) is 4.84 Å². The maximum atomic E-state index is 4.73. The van der Waals surface area contributed by atoms with E-state index in [0.717, 1.165) is 19.4 Å². The fraction of sp³-hybridized carbons (Fsp3) is 0.600. The van der Waals surface area contributed by atoms with Crippen LogP contribution in [0.15, 0.2) is 5.16 Å². The Morgan fingerprint density at radius 2 is 2.57 bits per heavy atom. The maximum Gasteiger partial charge on any atom is 0.117 e. The molecule has 0 amide bonds. The summed E-state index contributed by atoms with van der Waals surface area (Å²) in [5.41, 5.74) is 0. The van der Waals surface area contributed by atoms with E-state index in [-0.39, 0.29) is 0 Å². The molecular weight excluding hydrogens is 90.1 g/mol. The fourth-order valence-electron chi connectivity index (χ4n) is 0.477. The lowest BCUT2D eigenvalue weighted by molar-refractivity contribution is 0.151. The van der Waals surface area contributed by atoms with Crippen LogP contribution < -0.4 is 0 Å². The number of rotatable bonds is 0. The highest BCUT2D eigenvalue weighted by Crippen LogP contribution is 1.96. The smallest absolute Gasteiger partial charge is 0.117 e. The molecule has 1 rings (SSSR count). The van der Waals surface area contributed by atoms with E-state index in [4.69, 9.17) is 4.84 Å². The van der Waals surface area contributed by atoms with E-state index in [0.29, 0.717) is 0 Å². The van der Waals surface area contributed by atoms with Crippen molar-refractivity contribution < 1.29 is 4.84 Å². The molecule has 1 aliphatic heterocycles. The van der Waals surface area contributed by atoms with E-state index >= 15 is 0 Å². The van der Waals surface area contributed by atoms with Gasteiger partial charge in [-0.05, 0) is 19.3 Å². The Kier molecular flexibility index (Phi) is 1.72. The minimum Gasteiger partial charge on any atom is -0.396 e. The lowest BCUT2D eigenvalue weighted by Crippen LogP contribution is -1.81. The Hall–Kier alpha value is -0.530. The SMILES string of the molecule is [CH]1CC=NOCC1. The highest BCUT2D eigenvalue weighted by molar-refractivity contribution is 5.57. The first-order valence-corrected chi connectivity index (χ1v) is 2.45. The summed E-state index contributed by atoms with van der Waals surface area (Å²) >= 11 is 0. The zero-order valence-electron chi connectivity index (χ0n) is 4.13. The van der Waals surface area contributed by atoms with Crippen molar-refractivity contribution in [3.8, 4) is 0 Å². The van der Waals surface area contributed by atoms with Crippen molar-refractivity contribution in [2.24, 2.45) is 5.16 Å². The predicted molar refractivity (Wildman–Crippen MR) is 28.0 cm³/mol. The molecular formula is C5H8NO. The van der Waals surface area contributed by atoms with E-state index in [9.17, 15) is 0 Å². The van der Waals surface area contributed by atoms with Crippen molar-refractivity contribution in [1.82, 2.24) is 0 Å². The van der Waals surface area contributed by atoms with Crippen LogP contribution in [0.25, 0.3) is 0 Å². The van der Waals surface area contributed by atoms with Crippen molar-refractivity contribution >= 4 is 6.21 Å². The molecule has 0 aliphatic carbocycles. The highest BCUT2D eigenvalue weighted by atomic mass is 16.6. The number of nitrogens with zero attached hydrogens (tertiary/aromatic N) is 1. The molecule has 0 N–H and O–H groups in total. The molecule has 0 atom stereocenters. The van der Waals surface area contributed by atoms with Crippen molar-refractivity contribution in [3.63, 3.8) is 0 Å². The summed E-state index contributed by atoms with van der Waals surface area (Å²) in [6.07, 6.45) is 5.91. The molecule has 2 heteroatoms. The second-order valence-corrected chi connectivity index (χ2v) is 1.43. The zero-order chi connectivity index (χ0) is 4.95. The normalized spacial score (nSPS) is 20.6. The second kappa shape index (κ2) is 2.61. The van der Waals surface area contributed by atoms with E-state index in [1.807, 2.05) is 0 Å². The van der Waals surface area contributed by atoms with Gasteiger partial charge in [0, 0.05) is 6.21 Å². The summed E-state index contributed by atoms with van der Waals surface area (Å²) in [6.45, 7) is 0.747. The van der Waals surface area contributed by atoms with Crippen molar-refractivity contribution in [3.05, 3.63) is 6.42 Å². The number of hydrogen-bond donors (Lipinski definition) is 0. The number of oxime groups is 1. The molecule has 7 heavy (non-hydrogen) atoms. The first kappa shape index (κ1) is 4.62. The van der Waals surface area contributed by atoms with Gasteiger partial charge >= 0.3 is 0 Å². The van der Waals surface area contributed by atoms with Crippen LogP contribution in [0.2, 0.25) is 0 Å². The van der Waals surface area contributed by atoms with Gasteiger partial charge in [0.25, 0.3) is 0 Å². The molecule has 1 heterocycles. The molecule has 0 saturated heterocycles. The standard InChI is InChI=1S/C5H8NO/c1-2-4-6-7-5-3-1/h1,4H,2-3,5H2. The molecule has 0 unspecified atom stereocenters. The highest BCUT2D eigenvalue weighted by Gasteiger charge is 1.90. The van der Waals surface area contributed by atoms with Crippen LogP contribution in [0.3, 0.4) is 0 Å². The molecule has 0 bridgehead atoms. The Morgan fingerprint density at radius 1 is 1.57 bits per heavy atom. The fourth-order valence-corrected chi connectivity index (χ4v) is 0.477. The van der Waals surface area contributed by atoms with Gasteiger partial charge in [-0.2, -0.15) is 0 Å².